The number of fused-ring (bicyclic) bond motifs is 1. The van der Waals surface area contributed by atoms with Crippen molar-refractivity contribution in [3.8, 4) is 5.75 Å². The van der Waals surface area contributed by atoms with Crippen molar-refractivity contribution in [1.82, 2.24) is 0 Å². The number of aliphatic imine (C=N–C) groups is 1. The summed E-state index contributed by atoms with van der Waals surface area (Å²) in [4.78, 5) is 13.4. The number of benzene rings is 1. The molecule has 0 bridgehead atoms. The molecular formula is C12H13NO2. The minimum atomic E-state index is 0.567. The Morgan fingerprint density at radius 3 is 3.27 bits per heavy atom. The van der Waals surface area contributed by atoms with Gasteiger partial charge in [0.25, 0.3) is 0 Å². The van der Waals surface area contributed by atoms with Crippen molar-refractivity contribution in [1.29, 1.82) is 0 Å². The molecule has 2 rings (SSSR count). The van der Waals surface area contributed by atoms with Crippen LogP contribution in [0.4, 0.5) is 0 Å². The predicted molar refractivity (Wildman–Crippen MR) is 57.0 cm³/mol. The second-order valence-electron chi connectivity index (χ2n) is 3.62. The highest BCUT2D eigenvalue weighted by atomic mass is 16.5. The van der Waals surface area contributed by atoms with Crippen LogP contribution in [-0.2, 0) is 17.6 Å². The molecule has 1 aromatic rings. The lowest BCUT2D eigenvalue weighted by molar-refractivity contribution is 0.357. The third-order valence-electron chi connectivity index (χ3n) is 2.55. The molecule has 0 atom stereocenters. The first kappa shape index (κ1) is 9.94. The number of aryl methyl sites for hydroxylation is 1. The highest BCUT2D eigenvalue weighted by Gasteiger charge is 2.11. The smallest absolute Gasteiger partial charge is 0.234 e. The summed E-state index contributed by atoms with van der Waals surface area (Å²) >= 11 is 0. The second kappa shape index (κ2) is 4.76. The van der Waals surface area contributed by atoms with Crippen LogP contribution in [0.3, 0.4) is 0 Å². The molecule has 0 aliphatic carbocycles. The first-order valence-electron chi connectivity index (χ1n) is 5.18. The van der Waals surface area contributed by atoms with E-state index in [-0.39, 0.29) is 0 Å². The van der Waals surface area contributed by atoms with E-state index in [0.29, 0.717) is 6.54 Å². The van der Waals surface area contributed by atoms with Crippen LogP contribution in [0.2, 0.25) is 0 Å². The zero-order valence-electron chi connectivity index (χ0n) is 8.53. The second-order valence-corrected chi connectivity index (χ2v) is 3.62. The molecule has 0 aromatic heterocycles. The number of carbonyl (C=O) groups excluding carboxylic acids is 1. The molecule has 0 unspecified atom stereocenters. The summed E-state index contributed by atoms with van der Waals surface area (Å²) in [5.74, 6) is 1.02. The van der Waals surface area contributed by atoms with Crippen molar-refractivity contribution in [3.05, 3.63) is 29.3 Å². The van der Waals surface area contributed by atoms with Gasteiger partial charge >= 0.3 is 0 Å². The van der Waals surface area contributed by atoms with Crippen LogP contribution in [0.5, 0.6) is 5.75 Å². The average molecular weight is 203 g/mol. The topological polar surface area (TPSA) is 38.7 Å². The lowest BCUT2D eigenvalue weighted by atomic mass is 10.1. The molecule has 0 fully saturated rings. The number of rotatable bonds is 4. The van der Waals surface area contributed by atoms with Crippen molar-refractivity contribution < 1.29 is 9.53 Å². The fourth-order valence-electron chi connectivity index (χ4n) is 1.80. The van der Waals surface area contributed by atoms with Crippen molar-refractivity contribution in [2.45, 2.75) is 19.3 Å². The number of isocyanates is 1. The molecule has 0 amide bonds. The van der Waals surface area contributed by atoms with Gasteiger partial charge in [0.05, 0.1) is 13.2 Å². The van der Waals surface area contributed by atoms with Gasteiger partial charge in [0.1, 0.15) is 5.75 Å². The lowest BCUT2D eigenvalue weighted by Crippen LogP contribution is -1.89. The largest absolute Gasteiger partial charge is 0.493 e. The highest BCUT2D eigenvalue weighted by molar-refractivity contribution is 5.39. The predicted octanol–water partition coefficient (Wildman–Crippen LogP) is 1.89. The molecular weight excluding hydrogens is 190 g/mol. The summed E-state index contributed by atoms with van der Waals surface area (Å²) in [6, 6.07) is 6.29. The Bertz CT molecular complexity index is 395. The Hall–Kier alpha value is -1.60. The Balaban J connectivity index is 1.95. The minimum absolute atomic E-state index is 0.567. The van der Waals surface area contributed by atoms with E-state index in [1.807, 2.05) is 6.07 Å². The molecule has 1 aliphatic rings. The Morgan fingerprint density at radius 1 is 1.47 bits per heavy atom. The molecule has 0 saturated heterocycles. The molecule has 78 valence electrons. The van der Waals surface area contributed by atoms with Crippen LogP contribution in [0.15, 0.2) is 23.2 Å². The van der Waals surface area contributed by atoms with Crippen molar-refractivity contribution in [2.75, 3.05) is 13.2 Å². The maximum absolute atomic E-state index is 9.86. The van der Waals surface area contributed by atoms with Gasteiger partial charge in [-0.15, -0.1) is 0 Å². The molecule has 3 heteroatoms. The summed E-state index contributed by atoms with van der Waals surface area (Å²) in [7, 11) is 0. The van der Waals surface area contributed by atoms with E-state index < -0.39 is 0 Å². The normalized spacial score (nSPS) is 12.8. The number of hydrogen-bond donors (Lipinski definition) is 0. The van der Waals surface area contributed by atoms with Crippen LogP contribution >= 0.6 is 0 Å². The maximum atomic E-state index is 9.86. The Kier molecular flexibility index (Phi) is 3.15. The van der Waals surface area contributed by atoms with E-state index >= 15 is 0 Å². The molecule has 0 radical (unpaired) electrons. The molecule has 1 aliphatic heterocycles. The van der Waals surface area contributed by atoms with Crippen molar-refractivity contribution in [2.24, 2.45) is 4.99 Å². The monoisotopic (exact) mass is 203 g/mol. The first-order chi connectivity index (χ1) is 7.40. The van der Waals surface area contributed by atoms with Crippen LogP contribution < -0.4 is 4.74 Å². The van der Waals surface area contributed by atoms with Gasteiger partial charge in [-0.1, -0.05) is 12.1 Å². The van der Waals surface area contributed by atoms with Crippen LogP contribution in [-0.4, -0.2) is 19.2 Å². The van der Waals surface area contributed by atoms with E-state index in [1.54, 1.807) is 6.08 Å². The van der Waals surface area contributed by atoms with E-state index in [4.69, 9.17) is 4.74 Å². The molecule has 0 N–H and O–H groups in total. The van der Waals surface area contributed by atoms with E-state index in [1.165, 1.54) is 11.1 Å². The SMILES string of the molecule is O=C=NCCCc1ccc2c(c1)CCO2. The first-order valence-corrected chi connectivity index (χ1v) is 5.18. The number of ether oxygens (including phenoxy) is 1. The van der Waals surface area contributed by atoms with Gasteiger partial charge in [0.15, 0.2) is 0 Å². The third kappa shape index (κ3) is 2.45. The minimum Gasteiger partial charge on any atom is -0.493 e. The fraction of sp³-hybridized carbons (Fsp3) is 0.417. The standard InChI is InChI=1S/C12H13NO2/c14-9-13-6-1-2-10-3-4-12-11(8-10)5-7-15-12/h3-4,8H,1-2,5-7H2. The van der Waals surface area contributed by atoms with Crippen LogP contribution in [0, 0.1) is 0 Å². The van der Waals surface area contributed by atoms with E-state index in [9.17, 15) is 4.79 Å². The van der Waals surface area contributed by atoms with Gasteiger partial charge < -0.3 is 4.74 Å². The summed E-state index contributed by atoms with van der Waals surface area (Å²) in [5.41, 5.74) is 2.59. The van der Waals surface area contributed by atoms with Crippen LogP contribution in [0.25, 0.3) is 0 Å². The van der Waals surface area contributed by atoms with E-state index in [2.05, 4.69) is 17.1 Å². The number of hydrogen-bond acceptors (Lipinski definition) is 3. The molecule has 0 saturated carbocycles. The lowest BCUT2D eigenvalue weighted by Gasteiger charge is -2.02. The molecule has 15 heavy (non-hydrogen) atoms. The van der Waals surface area contributed by atoms with Gasteiger partial charge in [-0.2, -0.15) is 0 Å². The molecule has 0 spiro atoms. The van der Waals surface area contributed by atoms with Crippen molar-refractivity contribution >= 4 is 6.08 Å². The summed E-state index contributed by atoms with van der Waals surface area (Å²) in [6.45, 7) is 1.37. The summed E-state index contributed by atoms with van der Waals surface area (Å²) in [5, 5.41) is 0. The molecule has 3 nitrogen and oxygen atoms in total. The quantitative estimate of drug-likeness (QED) is 0.426. The molecule has 1 aromatic carbocycles. The molecule has 1 heterocycles. The Labute approximate surface area is 88.8 Å². The zero-order chi connectivity index (χ0) is 10.5. The van der Waals surface area contributed by atoms with Crippen LogP contribution in [0.1, 0.15) is 17.5 Å². The average Bonchev–Trinajstić information content (AvgIpc) is 2.71. The van der Waals surface area contributed by atoms with Gasteiger partial charge in [-0.25, -0.2) is 9.79 Å². The van der Waals surface area contributed by atoms with Crippen molar-refractivity contribution in [3.63, 3.8) is 0 Å². The summed E-state index contributed by atoms with van der Waals surface area (Å²) < 4.78 is 5.43. The van der Waals surface area contributed by atoms with E-state index in [0.717, 1.165) is 31.6 Å². The Morgan fingerprint density at radius 2 is 2.40 bits per heavy atom. The van der Waals surface area contributed by atoms with Gasteiger partial charge in [-0.3, -0.25) is 0 Å². The van der Waals surface area contributed by atoms with Gasteiger partial charge in [0, 0.05) is 6.42 Å². The number of nitrogens with zero attached hydrogens (tertiary/aromatic N) is 1. The fourth-order valence-corrected chi connectivity index (χ4v) is 1.80. The zero-order valence-corrected chi connectivity index (χ0v) is 8.53. The maximum Gasteiger partial charge on any atom is 0.234 e. The highest BCUT2D eigenvalue weighted by Crippen LogP contribution is 2.26. The van der Waals surface area contributed by atoms with Gasteiger partial charge in [0.2, 0.25) is 6.08 Å². The third-order valence-corrected chi connectivity index (χ3v) is 2.55. The summed E-state index contributed by atoms with van der Waals surface area (Å²) in [6.07, 6.45) is 4.41. The van der Waals surface area contributed by atoms with Gasteiger partial charge in [-0.05, 0) is 30.0 Å².